The Kier molecular flexibility index (Phi) is 5.94. The Morgan fingerprint density at radius 3 is 2.50 bits per heavy atom. The Labute approximate surface area is 231 Å². The van der Waals surface area contributed by atoms with Crippen molar-refractivity contribution in [3.63, 3.8) is 0 Å². The highest BCUT2D eigenvalue weighted by Crippen LogP contribution is 2.39. The number of aromatic nitrogens is 3. The Morgan fingerprint density at radius 1 is 0.875 bits per heavy atom. The number of primary amides is 1. The van der Waals surface area contributed by atoms with Crippen molar-refractivity contribution in [2.45, 2.75) is 37.8 Å². The quantitative estimate of drug-likeness (QED) is 0.247. The number of nitrogens with zero attached hydrogens (tertiary/aromatic N) is 3. The molecular formula is C33H29N5O2. The Morgan fingerprint density at radius 2 is 1.65 bits per heavy atom. The Bertz CT molecular complexity index is 1900. The third-order valence-electron chi connectivity index (χ3n) is 8.04. The number of aliphatic hydroxyl groups excluding tert-OH is 1. The molecule has 0 spiro atoms. The lowest BCUT2D eigenvalue weighted by molar-refractivity contribution is 0.1000. The highest BCUT2D eigenvalue weighted by molar-refractivity contribution is 6.16. The molecule has 6 aromatic rings. The van der Waals surface area contributed by atoms with Crippen molar-refractivity contribution >= 4 is 44.3 Å². The third kappa shape index (κ3) is 4.15. The lowest BCUT2D eigenvalue weighted by atomic mass is 9.93. The van der Waals surface area contributed by atoms with Crippen LogP contribution in [0.4, 0.5) is 5.69 Å². The zero-order valence-corrected chi connectivity index (χ0v) is 21.9. The van der Waals surface area contributed by atoms with Crippen molar-refractivity contribution in [2.24, 2.45) is 5.73 Å². The van der Waals surface area contributed by atoms with E-state index in [1.54, 1.807) is 6.20 Å². The fourth-order valence-electron chi connectivity index (χ4n) is 6.05. The van der Waals surface area contributed by atoms with Crippen molar-refractivity contribution in [1.82, 2.24) is 14.5 Å². The maximum atomic E-state index is 12.3. The second-order valence-corrected chi connectivity index (χ2v) is 10.6. The SMILES string of the molecule is NC(=O)c1cnc(-n2c3ccccc3c3c(-c4cnc5ccccc5c4)cccc32)cc1N[C@H]1CC[C@H](O)CC1. The minimum Gasteiger partial charge on any atom is -0.393 e. The molecule has 0 radical (unpaired) electrons. The largest absolute Gasteiger partial charge is 0.393 e. The molecule has 0 bridgehead atoms. The smallest absolute Gasteiger partial charge is 0.252 e. The standard InChI is InChI=1S/C33H29N5O2/c34-33(40)26-19-36-31(17-28(26)37-22-12-14-23(39)15-13-22)38-29-10-4-2-7-25(29)32-24(8-5-11-30(32)38)21-16-20-6-1-3-9-27(20)35-18-21/h1-11,16-19,22-23,39H,12-15H2,(H2,34,40)(H,36,37)/t22-,23-. The van der Waals surface area contributed by atoms with Gasteiger partial charge in [0, 0.05) is 46.2 Å². The summed E-state index contributed by atoms with van der Waals surface area (Å²) < 4.78 is 2.14. The van der Waals surface area contributed by atoms with E-state index in [0.29, 0.717) is 17.1 Å². The van der Waals surface area contributed by atoms with E-state index in [4.69, 9.17) is 15.7 Å². The number of benzene rings is 3. The van der Waals surface area contributed by atoms with Crippen LogP contribution in [0.15, 0.2) is 91.3 Å². The first kappa shape index (κ1) is 24.3. The first-order chi connectivity index (χ1) is 19.6. The average molecular weight is 528 g/mol. The van der Waals surface area contributed by atoms with E-state index in [1.807, 2.05) is 36.5 Å². The number of fused-ring (bicyclic) bond motifs is 4. The number of para-hydroxylation sites is 2. The van der Waals surface area contributed by atoms with Gasteiger partial charge in [0.05, 0.1) is 33.9 Å². The molecule has 0 saturated heterocycles. The molecule has 198 valence electrons. The molecule has 7 heteroatoms. The third-order valence-corrected chi connectivity index (χ3v) is 8.04. The molecule has 3 aromatic carbocycles. The highest BCUT2D eigenvalue weighted by Gasteiger charge is 2.23. The number of anilines is 1. The molecule has 4 N–H and O–H groups in total. The number of rotatable bonds is 5. The van der Waals surface area contributed by atoms with Gasteiger partial charge in [0.2, 0.25) is 0 Å². The summed E-state index contributed by atoms with van der Waals surface area (Å²) in [5, 5.41) is 16.8. The van der Waals surface area contributed by atoms with E-state index in [-0.39, 0.29) is 12.1 Å². The van der Waals surface area contributed by atoms with Crippen LogP contribution in [0.2, 0.25) is 0 Å². The minimum atomic E-state index is -0.522. The van der Waals surface area contributed by atoms with Crippen molar-refractivity contribution in [2.75, 3.05) is 5.32 Å². The van der Waals surface area contributed by atoms with Gasteiger partial charge in [-0.2, -0.15) is 0 Å². The number of hydrogen-bond acceptors (Lipinski definition) is 5. The summed E-state index contributed by atoms with van der Waals surface area (Å²) in [5.74, 6) is 0.175. The predicted molar refractivity (Wildman–Crippen MR) is 160 cm³/mol. The molecule has 7 nitrogen and oxygen atoms in total. The molecule has 40 heavy (non-hydrogen) atoms. The van der Waals surface area contributed by atoms with Gasteiger partial charge in [-0.15, -0.1) is 0 Å². The fraction of sp³-hybridized carbons (Fsp3) is 0.182. The zero-order chi connectivity index (χ0) is 27.2. The molecule has 0 aliphatic heterocycles. The van der Waals surface area contributed by atoms with Gasteiger partial charge in [0.25, 0.3) is 5.91 Å². The number of pyridine rings is 2. The van der Waals surface area contributed by atoms with Crippen LogP contribution in [0.1, 0.15) is 36.0 Å². The fourth-order valence-corrected chi connectivity index (χ4v) is 6.05. The van der Waals surface area contributed by atoms with Crippen LogP contribution in [0, 0.1) is 0 Å². The summed E-state index contributed by atoms with van der Waals surface area (Å²) in [6.07, 6.45) is 6.38. The van der Waals surface area contributed by atoms with Crippen LogP contribution in [-0.2, 0) is 0 Å². The molecular weight excluding hydrogens is 498 g/mol. The molecule has 1 saturated carbocycles. The van der Waals surface area contributed by atoms with E-state index < -0.39 is 5.91 Å². The monoisotopic (exact) mass is 527 g/mol. The van der Waals surface area contributed by atoms with Gasteiger partial charge in [-0.05, 0) is 55.5 Å². The molecule has 0 atom stereocenters. The first-order valence-electron chi connectivity index (χ1n) is 13.7. The molecule has 0 unspecified atom stereocenters. The molecule has 3 heterocycles. The van der Waals surface area contributed by atoms with Gasteiger partial charge in [0.1, 0.15) is 5.82 Å². The van der Waals surface area contributed by atoms with Crippen molar-refractivity contribution in [1.29, 1.82) is 0 Å². The van der Waals surface area contributed by atoms with Gasteiger partial charge in [-0.3, -0.25) is 14.3 Å². The Hall–Kier alpha value is -4.75. The van der Waals surface area contributed by atoms with E-state index in [1.165, 1.54) is 0 Å². The number of aliphatic hydroxyl groups is 1. The summed E-state index contributed by atoms with van der Waals surface area (Å²) in [6.45, 7) is 0. The Balaban J connectivity index is 1.41. The molecule has 3 aromatic heterocycles. The minimum absolute atomic E-state index is 0.155. The zero-order valence-electron chi connectivity index (χ0n) is 21.9. The molecule has 1 fully saturated rings. The summed E-state index contributed by atoms with van der Waals surface area (Å²) in [7, 11) is 0. The van der Waals surface area contributed by atoms with Gasteiger partial charge >= 0.3 is 0 Å². The number of carbonyl (C=O) groups excluding carboxylic acids is 1. The predicted octanol–water partition coefficient (Wildman–Crippen LogP) is 6.21. The maximum absolute atomic E-state index is 12.3. The van der Waals surface area contributed by atoms with Gasteiger partial charge in [-0.25, -0.2) is 4.98 Å². The highest BCUT2D eigenvalue weighted by atomic mass is 16.3. The average Bonchev–Trinajstić information content (AvgIpc) is 3.32. The normalized spacial score (nSPS) is 17.4. The first-order valence-corrected chi connectivity index (χ1v) is 13.7. The van der Waals surface area contributed by atoms with Crippen molar-refractivity contribution < 1.29 is 9.90 Å². The van der Waals surface area contributed by atoms with E-state index >= 15 is 0 Å². The van der Waals surface area contributed by atoms with E-state index in [9.17, 15) is 9.90 Å². The molecule has 1 aliphatic rings. The van der Waals surface area contributed by atoms with Crippen LogP contribution < -0.4 is 11.1 Å². The van der Waals surface area contributed by atoms with Crippen molar-refractivity contribution in [3.8, 4) is 16.9 Å². The maximum Gasteiger partial charge on any atom is 0.252 e. The number of nitrogens with one attached hydrogen (secondary N) is 1. The summed E-state index contributed by atoms with van der Waals surface area (Å²) >= 11 is 0. The summed E-state index contributed by atoms with van der Waals surface area (Å²) in [6, 6.07) is 27.0. The summed E-state index contributed by atoms with van der Waals surface area (Å²) in [5.41, 5.74) is 11.9. The van der Waals surface area contributed by atoms with Gasteiger partial charge < -0.3 is 16.2 Å². The van der Waals surface area contributed by atoms with Crippen LogP contribution in [0.25, 0.3) is 49.7 Å². The number of hydrogen-bond donors (Lipinski definition) is 3. The van der Waals surface area contributed by atoms with Crippen LogP contribution >= 0.6 is 0 Å². The van der Waals surface area contributed by atoms with Crippen LogP contribution in [0.5, 0.6) is 0 Å². The molecule has 1 amide bonds. The van der Waals surface area contributed by atoms with E-state index in [2.05, 4.69) is 58.4 Å². The second-order valence-electron chi connectivity index (χ2n) is 10.6. The molecule has 7 rings (SSSR count). The number of nitrogens with two attached hydrogens (primary N) is 1. The topological polar surface area (TPSA) is 106 Å². The lowest BCUT2D eigenvalue weighted by Gasteiger charge is -2.27. The number of amides is 1. The van der Waals surface area contributed by atoms with Gasteiger partial charge in [-0.1, -0.05) is 48.5 Å². The van der Waals surface area contributed by atoms with Crippen LogP contribution in [0.3, 0.4) is 0 Å². The second kappa shape index (κ2) is 9.77. The van der Waals surface area contributed by atoms with Crippen molar-refractivity contribution in [3.05, 3.63) is 96.8 Å². The summed E-state index contributed by atoms with van der Waals surface area (Å²) in [4.78, 5) is 21.8. The van der Waals surface area contributed by atoms with Gasteiger partial charge in [0.15, 0.2) is 0 Å². The number of carbonyl (C=O) groups is 1. The van der Waals surface area contributed by atoms with Crippen LogP contribution in [-0.4, -0.2) is 37.7 Å². The molecule has 1 aliphatic carbocycles. The lowest BCUT2D eigenvalue weighted by Crippen LogP contribution is -2.29. The van der Waals surface area contributed by atoms with E-state index in [0.717, 1.165) is 69.5 Å².